The Kier molecular flexibility index (Phi) is 3.08. The molecule has 108 valence electrons. The number of rotatable bonds is 2. The lowest BCUT2D eigenvalue weighted by Crippen LogP contribution is -2.21. The molecule has 1 aromatic carbocycles. The van der Waals surface area contributed by atoms with Gasteiger partial charge in [-0.25, -0.2) is 14.4 Å². The number of hydrogen-bond acceptors (Lipinski definition) is 3. The second-order valence-corrected chi connectivity index (χ2v) is 5.07. The van der Waals surface area contributed by atoms with E-state index in [-0.39, 0.29) is 11.4 Å². The van der Waals surface area contributed by atoms with Gasteiger partial charge in [0.25, 0.3) is 5.56 Å². The van der Waals surface area contributed by atoms with Crippen molar-refractivity contribution in [1.29, 1.82) is 0 Å². The molecule has 2 heterocycles. The van der Waals surface area contributed by atoms with E-state index in [1.807, 2.05) is 11.5 Å². The fourth-order valence-corrected chi connectivity index (χ4v) is 2.31. The highest BCUT2D eigenvalue weighted by Gasteiger charge is 2.14. The molecule has 0 fully saturated rings. The average molecular weight is 286 g/mol. The molecule has 0 amide bonds. The van der Waals surface area contributed by atoms with Crippen LogP contribution in [-0.2, 0) is 13.6 Å². The molecule has 0 saturated carbocycles. The summed E-state index contributed by atoms with van der Waals surface area (Å²) in [5.74, 6) is 1.08. The summed E-state index contributed by atoms with van der Waals surface area (Å²) in [6.45, 7) is 4.12. The first kappa shape index (κ1) is 13.5. The monoisotopic (exact) mass is 286 g/mol. The summed E-state index contributed by atoms with van der Waals surface area (Å²) in [6, 6.07) is 6.27. The van der Waals surface area contributed by atoms with Gasteiger partial charge in [0.05, 0.1) is 6.54 Å². The lowest BCUT2D eigenvalue weighted by atomic mass is 10.2. The fourth-order valence-electron chi connectivity index (χ4n) is 2.31. The Morgan fingerprint density at radius 1 is 1.10 bits per heavy atom. The maximum absolute atomic E-state index is 13.0. The summed E-state index contributed by atoms with van der Waals surface area (Å²) in [7, 11) is 1.68. The summed E-state index contributed by atoms with van der Waals surface area (Å²) in [4.78, 5) is 21.0. The van der Waals surface area contributed by atoms with E-state index in [9.17, 15) is 9.18 Å². The summed E-state index contributed by atoms with van der Waals surface area (Å²) < 4.78 is 16.3. The molecule has 0 saturated heterocycles. The maximum Gasteiger partial charge on any atom is 0.281 e. The number of aromatic nitrogens is 4. The van der Waals surface area contributed by atoms with E-state index in [1.165, 1.54) is 16.7 Å². The molecule has 0 bridgehead atoms. The van der Waals surface area contributed by atoms with Crippen LogP contribution in [0.2, 0.25) is 0 Å². The Morgan fingerprint density at radius 2 is 1.76 bits per heavy atom. The summed E-state index contributed by atoms with van der Waals surface area (Å²) in [5, 5.41) is 0. The second-order valence-electron chi connectivity index (χ2n) is 5.07. The minimum atomic E-state index is -0.270. The van der Waals surface area contributed by atoms with Crippen molar-refractivity contribution in [1.82, 2.24) is 19.1 Å². The SMILES string of the molecule is Cc1nc2c(nc(C)n2Cc2ccc(F)cc2)c(=O)n1C. The van der Waals surface area contributed by atoms with Gasteiger partial charge in [-0.2, -0.15) is 0 Å². The van der Waals surface area contributed by atoms with Gasteiger partial charge in [0.1, 0.15) is 17.5 Å². The topological polar surface area (TPSA) is 52.7 Å². The number of fused-ring (bicyclic) bond motifs is 1. The Bertz CT molecular complexity index is 877. The smallest absolute Gasteiger partial charge is 0.281 e. The van der Waals surface area contributed by atoms with Crippen LogP contribution in [0.25, 0.3) is 11.2 Å². The number of imidazole rings is 1. The highest BCUT2D eigenvalue weighted by molar-refractivity contribution is 5.70. The quantitative estimate of drug-likeness (QED) is 0.723. The van der Waals surface area contributed by atoms with Gasteiger partial charge in [-0.05, 0) is 31.5 Å². The van der Waals surface area contributed by atoms with Gasteiger partial charge < -0.3 is 4.57 Å². The van der Waals surface area contributed by atoms with Gasteiger partial charge in [-0.3, -0.25) is 9.36 Å². The molecular weight excluding hydrogens is 271 g/mol. The van der Waals surface area contributed by atoms with E-state index in [0.717, 1.165) is 5.56 Å². The van der Waals surface area contributed by atoms with Gasteiger partial charge in [-0.15, -0.1) is 0 Å². The molecule has 0 N–H and O–H groups in total. The van der Waals surface area contributed by atoms with Crippen LogP contribution in [0.1, 0.15) is 17.2 Å². The number of hydrogen-bond donors (Lipinski definition) is 0. The normalized spacial score (nSPS) is 11.2. The van der Waals surface area contributed by atoms with Crippen molar-refractivity contribution in [2.24, 2.45) is 7.05 Å². The van der Waals surface area contributed by atoms with E-state index in [2.05, 4.69) is 9.97 Å². The molecule has 0 aliphatic rings. The molecule has 0 aliphatic heterocycles. The Labute approximate surface area is 120 Å². The van der Waals surface area contributed by atoms with E-state index >= 15 is 0 Å². The third kappa shape index (κ3) is 2.22. The van der Waals surface area contributed by atoms with Crippen LogP contribution < -0.4 is 5.56 Å². The van der Waals surface area contributed by atoms with Gasteiger partial charge >= 0.3 is 0 Å². The van der Waals surface area contributed by atoms with Crippen molar-refractivity contribution in [3.05, 3.63) is 57.6 Å². The van der Waals surface area contributed by atoms with Crippen molar-refractivity contribution in [2.75, 3.05) is 0 Å². The predicted octanol–water partition coefficient (Wildman–Crippen LogP) is 1.93. The first-order valence-corrected chi connectivity index (χ1v) is 6.62. The Hall–Kier alpha value is -2.50. The maximum atomic E-state index is 13.0. The zero-order valence-corrected chi connectivity index (χ0v) is 12.1. The van der Waals surface area contributed by atoms with Crippen molar-refractivity contribution >= 4 is 11.2 Å². The van der Waals surface area contributed by atoms with Crippen LogP contribution in [0.3, 0.4) is 0 Å². The number of aryl methyl sites for hydroxylation is 2. The molecule has 0 atom stereocenters. The third-order valence-electron chi connectivity index (χ3n) is 3.65. The Morgan fingerprint density at radius 3 is 2.43 bits per heavy atom. The lowest BCUT2D eigenvalue weighted by Gasteiger charge is -2.07. The molecule has 6 heteroatoms. The first-order valence-electron chi connectivity index (χ1n) is 6.62. The number of halogens is 1. The van der Waals surface area contributed by atoms with Crippen molar-refractivity contribution < 1.29 is 4.39 Å². The van der Waals surface area contributed by atoms with Crippen LogP contribution in [-0.4, -0.2) is 19.1 Å². The van der Waals surface area contributed by atoms with E-state index < -0.39 is 0 Å². The zero-order valence-electron chi connectivity index (χ0n) is 12.1. The van der Waals surface area contributed by atoms with Gasteiger partial charge in [0.15, 0.2) is 11.2 Å². The molecule has 3 rings (SSSR count). The van der Waals surface area contributed by atoms with Crippen molar-refractivity contribution in [3.8, 4) is 0 Å². The molecule has 0 unspecified atom stereocenters. The molecular formula is C15H15FN4O. The first-order chi connectivity index (χ1) is 9.97. The predicted molar refractivity (Wildman–Crippen MR) is 77.7 cm³/mol. The summed E-state index contributed by atoms with van der Waals surface area (Å²) in [5.41, 5.74) is 1.71. The number of benzene rings is 1. The Balaban J connectivity index is 2.16. The van der Waals surface area contributed by atoms with E-state index in [1.54, 1.807) is 26.1 Å². The highest BCUT2D eigenvalue weighted by Crippen LogP contribution is 2.14. The molecule has 0 radical (unpaired) electrons. The second kappa shape index (κ2) is 4.80. The standard InChI is InChI=1S/C15H15FN4O/c1-9-18-14-13(15(21)19(9)3)17-10(2)20(14)8-11-4-6-12(16)7-5-11/h4-7H,8H2,1-3H3. The van der Waals surface area contributed by atoms with Gasteiger partial charge in [-0.1, -0.05) is 12.1 Å². The van der Waals surface area contributed by atoms with Crippen LogP contribution >= 0.6 is 0 Å². The molecule has 5 nitrogen and oxygen atoms in total. The minimum absolute atomic E-state index is 0.154. The van der Waals surface area contributed by atoms with Crippen LogP contribution in [0.4, 0.5) is 4.39 Å². The van der Waals surface area contributed by atoms with E-state index in [0.29, 0.717) is 29.4 Å². The van der Waals surface area contributed by atoms with Crippen LogP contribution in [0.5, 0.6) is 0 Å². The molecule has 0 aliphatic carbocycles. The fraction of sp³-hybridized carbons (Fsp3) is 0.267. The van der Waals surface area contributed by atoms with Crippen molar-refractivity contribution in [3.63, 3.8) is 0 Å². The summed E-state index contributed by atoms with van der Waals surface area (Å²) >= 11 is 0. The minimum Gasteiger partial charge on any atom is -0.308 e. The molecule has 3 aromatic rings. The molecule has 0 spiro atoms. The molecule has 21 heavy (non-hydrogen) atoms. The van der Waals surface area contributed by atoms with Crippen LogP contribution in [0.15, 0.2) is 29.1 Å². The van der Waals surface area contributed by atoms with Gasteiger partial charge in [0, 0.05) is 7.05 Å². The van der Waals surface area contributed by atoms with Crippen LogP contribution in [0, 0.1) is 19.7 Å². The third-order valence-corrected chi connectivity index (χ3v) is 3.65. The zero-order chi connectivity index (χ0) is 15.1. The average Bonchev–Trinajstić information content (AvgIpc) is 2.76. The largest absolute Gasteiger partial charge is 0.308 e. The highest BCUT2D eigenvalue weighted by atomic mass is 19.1. The lowest BCUT2D eigenvalue weighted by molar-refractivity contribution is 0.626. The summed E-state index contributed by atoms with van der Waals surface area (Å²) in [6.07, 6.45) is 0. The van der Waals surface area contributed by atoms with E-state index in [4.69, 9.17) is 0 Å². The van der Waals surface area contributed by atoms with Crippen molar-refractivity contribution in [2.45, 2.75) is 20.4 Å². The van der Waals surface area contributed by atoms with Gasteiger partial charge in [0.2, 0.25) is 0 Å². The number of nitrogens with zero attached hydrogens (tertiary/aromatic N) is 4. The molecule has 2 aromatic heterocycles.